The van der Waals surface area contributed by atoms with Crippen LogP contribution in [0.4, 0.5) is 18.9 Å². The number of carbonyl (C=O) groups is 1. The molecule has 2 nitrogen and oxygen atoms in total. The van der Waals surface area contributed by atoms with Crippen molar-refractivity contribution in [3.8, 4) is 0 Å². The first-order valence-electron chi connectivity index (χ1n) is 8.62. The zero-order valence-corrected chi connectivity index (χ0v) is 15.6. The van der Waals surface area contributed by atoms with Crippen molar-refractivity contribution in [2.24, 2.45) is 0 Å². The van der Waals surface area contributed by atoms with Crippen LogP contribution in [0.5, 0.6) is 0 Å². The molecule has 144 valence electrons. The third-order valence-electron chi connectivity index (χ3n) is 4.06. The Morgan fingerprint density at radius 2 is 1.43 bits per heavy atom. The fraction of sp³-hybridized carbons (Fsp3) is 0.136. The summed E-state index contributed by atoms with van der Waals surface area (Å²) in [7, 11) is 0. The van der Waals surface area contributed by atoms with Crippen molar-refractivity contribution in [1.82, 2.24) is 0 Å². The van der Waals surface area contributed by atoms with Gasteiger partial charge in [0.25, 0.3) is 0 Å². The van der Waals surface area contributed by atoms with E-state index in [1.807, 2.05) is 60.7 Å². The molecule has 0 fully saturated rings. The molecule has 0 aliphatic carbocycles. The highest BCUT2D eigenvalue weighted by Crippen LogP contribution is 2.35. The van der Waals surface area contributed by atoms with E-state index in [1.54, 1.807) is 0 Å². The summed E-state index contributed by atoms with van der Waals surface area (Å²) in [6, 6.07) is 24.2. The molecular formula is C22H18F3NOS. The molecular weight excluding hydrogens is 383 g/mol. The highest BCUT2D eigenvalue weighted by molar-refractivity contribution is 8.00. The normalized spacial score (nSPS) is 11.4. The number of carbonyl (C=O) groups excluding carboxylic acids is 1. The Hall–Kier alpha value is -2.73. The van der Waals surface area contributed by atoms with E-state index in [1.165, 1.54) is 23.9 Å². The molecule has 0 aliphatic rings. The Kier molecular flexibility index (Phi) is 6.41. The van der Waals surface area contributed by atoms with E-state index in [2.05, 4.69) is 5.32 Å². The molecule has 0 radical (unpaired) electrons. The predicted octanol–water partition coefficient (Wildman–Crippen LogP) is 6.17. The summed E-state index contributed by atoms with van der Waals surface area (Å²) in [4.78, 5) is 12.3. The zero-order valence-electron chi connectivity index (χ0n) is 14.8. The smallest absolute Gasteiger partial charge is 0.325 e. The van der Waals surface area contributed by atoms with Crippen LogP contribution in [0.1, 0.15) is 21.9 Å². The van der Waals surface area contributed by atoms with E-state index in [-0.39, 0.29) is 22.6 Å². The molecule has 0 aromatic heterocycles. The highest BCUT2D eigenvalue weighted by atomic mass is 32.2. The average molecular weight is 401 g/mol. The zero-order chi connectivity index (χ0) is 20.0. The maximum Gasteiger partial charge on any atom is 0.416 e. The van der Waals surface area contributed by atoms with Gasteiger partial charge in [0.1, 0.15) is 0 Å². The summed E-state index contributed by atoms with van der Waals surface area (Å²) in [6.45, 7) is 0. The molecule has 0 aliphatic heterocycles. The Balaban J connectivity index is 1.69. The highest BCUT2D eigenvalue weighted by Gasteiger charge is 2.30. The van der Waals surface area contributed by atoms with Gasteiger partial charge >= 0.3 is 6.18 Å². The number of hydrogen-bond acceptors (Lipinski definition) is 2. The average Bonchev–Trinajstić information content (AvgIpc) is 2.69. The largest absolute Gasteiger partial charge is 0.416 e. The summed E-state index contributed by atoms with van der Waals surface area (Å²) in [5.74, 6) is -0.230. The van der Waals surface area contributed by atoms with Gasteiger partial charge in [0.15, 0.2) is 0 Å². The molecule has 0 saturated heterocycles. The number of halogens is 3. The number of alkyl halides is 3. The molecule has 0 heterocycles. The van der Waals surface area contributed by atoms with Crippen molar-refractivity contribution in [3.05, 3.63) is 102 Å². The number of rotatable bonds is 6. The van der Waals surface area contributed by atoms with Gasteiger partial charge in [-0.05, 0) is 29.3 Å². The fourth-order valence-electron chi connectivity index (χ4n) is 2.77. The summed E-state index contributed by atoms with van der Waals surface area (Å²) in [5.41, 5.74) is 1.47. The number of hydrogen-bond donors (Lipinski definition) is 1. The topological polar surface area (TPSA) is 29.1 Å². The van der Waals surface area contributed by atoms with Crippen molar-refractivity contribution in [2.75, 3.05) is 11.1 Å². The van der Waals surface area contributed by atoms with E-state index < -0.39 is 11.7 Å². The molecule has 3 aromatic rings. The van der Waals surface area contributed by atoms with Crippen LogP contribution in [0.25, 0.3) is 0 Å². The van der Waals surface area contributed by atoms with Crippen LogP contribution in [0.3, 0.4) is 0 Å². The number of benzene rings is 3. The van der Waals surface area contributed by atoms with Gasteiger partial charge in [0, 0.05) is 5.69 Å². The van der Waals surface area contributed by atoms with Crippen LogP contribution in [-0.2, 0) is 11.0 Å². The summed E-state index contributed by atoms with van der Waals surface area (Å²) < 4.78 is 38.5. The number of thioether (sulfide) groups is 1. The van der Waals surface area contributed by atoms with E-state index in [0.717, 1.165) is 23.3 Å². The lowest BCUT2D eigenvalue weighted by Gasteiger charge is -2.17. The fourth-order valence-corrected chi connectivity index (χ4v) is 3.86. The SMILES string of the molecule is O=C(CSC(c1ccccc1)c1ccccc1)Nc1cccc(C(F)(F)F)c1. The van der Waals surface area contributed by atoms with Crippen molar-refractivity contribution >= 4 is 23.4 Å². The molecule has 1 N–H and O–H groups in total. The lowest BCUT2D eigenvalue weighted by Crippen LogP contribution is -2.16. The second-order valence-corrected chi connectivity index (χ2v) is 7.23. The molecule has 28 heavy (non-hydrogen) atoms. The standard InChI is InChI=1S/C22H18F3NOS/c23-22(24,25)18-12-7-13-19(14-18)26-20(27)15-28-21(16-8-3-1-4-9-16)17-10-5-2-6-11-17/h1-14,21H,15H2,(H,26,27). The second kappa shape index (κ2) is 8.97. The third-order valence-corrected chi connectivity index (χ3v) is 5.37. The Labute approximate surface area is 165 Å². The van der Waals surface area contributed by atoms with Gasteiger partial charge in [0.2, 0.25) is 5.91 Å². The first-order valence-corrected chi connectivity index (χ1v) is 9.67. The molecule has 0 spiro atoms. The lowest BCUT2D eigenvalue weighted by molar-refractivity contribution is -0.137. The Morgan fingerprint density at radius 3 is 1.96 bits per heavy atom. The van der Waals surface area contributed by atoms with Gasteiger partial charge in [-0.2, -0.15) is 13.2 Å². The molecule has 0 atom stereocenters. The minimum absolute atomic E-state index is 0.0466. The molecule has 0 unspecified atom stereocenters. The van der Waals surface area contributed by atoms with E-state index in [9.17, 15) is 18.0 Å². The first kappa shape index (κ1) is 20.0. The number of nitrogens with one attached hydrogen (secondary N) is 1. The van der Waals surface area contributed by atoms with E-state index >= 15 is 0 Å². The summed E-state index contributed by atoms with van der Waals surface area (Å²) in [5, 5.41) is 2.51. The van der Waals surface area contributed by atoms with Gasteiger partial charge in [0.05, 0.1) is 16.6 Å². The van der Waals surface area contributed by atoms with Crippen LogP contribution < -0.4 is 5.32 Å². The maximum absolute atomic E-state index is 12.8. The van der Waals surface area contributed by atoms with E-state index in [4.69, 9.17) is 0 Å². The lowest BCUT2D eigenvalue weighted by atomic mass is 10.0. The van der Waals surface area contributed by atoms with Crippen molar-refractivity contribution in [1.29, 1.82) is 0 Å². The summed E-state index contributed by atoms with van der Waals surface area (Å²) in [6.07, 6.45) is -4.44. The quantitative estimate of drug-likeness (QED) is 0.535. The van der Waals surface area contributed by atoms with Gasteiger partial charge in [-0.15, -0.1) is 11.8 Å². The van der Waals surface area contributed by atoms with Crippen molar-refractivity contribution in [3.63, 3.8) is 0 Å². The van der Waals surface area contributed by atoms with Crippen LogP contribution in [-0.4, -0.2) is 11.7 Å². The van der Waals surface area contributed by atoms with Gasteiger partial charge in [-0.3, -0.25) is 4.79 Å². The minimum atomic E-state index is -4.44. The molecule has 6 heteroatoms. The van der Waals surface area contributed by atoms with Gasteiger partial charge in [-0.25, -0.2) is 0 Å². The van der Waals surface area contributed by atoms with E-state index in [0.29, 0.717) is 0 Å². The maximum atomic E-state index is 12.8. The van der Waals surface area contributed by atoms with Gasteiger partial charge < -0.3 is 5.32 Å². The Morgan fingerprint density at radius 1 is 0.857 bits per heavy atom. The van der Waals surface area contributed by atoms with Gasteiger partial charge in [-0.1, -0.05) is 66.7 Å². The molecule has 3 rings (SSSR count). The Bertz CT molecular complexity index is 874. The minimum Gasteiger partial charge on any atom is -0.325 e. The number of amides is 1. The van der Waals surface area contributed by atoms with Crippen molar-refractivity contribution < 1.29 is 18.0 Å². The number of anilines is 1. The third kappa shape index (κ3) is 5.39. The van der Waals surface area contributed by atoms with Crippen LogP contribution >= 0.6 is 11.8 Å². The summed E-state index contributed by atoms with van der Waals surface area (Å²) >= 11 is 1.43. The molecule has 0 saturated carbocycles. The predicted molar refractivity (Wildman–Crippen MR) is 107 cm³/mol. The molecule has 0 bridgehead atoms. The monoisotopic (exact) mass is 401 g/mol. The van der Waals surface area contributed by atoms with Crippen molar-refractivity contribution in [2.45, 2.75) is 11.4 Å². The molecule has 3 aromatic carbocycles. The first-order chi connectivity index (χ1) is 13.4. The van der Waals surface area contributed by atoms with Crippen LogP contribution in [0, 0.1) is 0 Å². The molecule has 1 amide bonds. The van der Waals surface area contributed by atoms with Crippen LogP contribution in [0.15, 0.2) is 84.9 Å². The second-order valence-electron chi connectivity index (χ2n) is 6.14. The van der Waals surface area contributed by atoms with Crippen LogP contribution in [0.2, 0.25) is 0 Å².